The van der Waals surface area contributed by atoms with Gasteiger partial charge in [-0.2, -0.15) is 25.3 Å². The van der Waals surface area contributed by atoms with E-state index >= 15 is 0 Å². The second-order valence-corrected chi connectivity index (χ2v) is 3.37. The molecule has 3 nitrogen and oxygen atoms in total. The molecule has 10 heavy (non-hydrogen) atoms. The van der Waals surface area contributed by atoms with Crippen molar-refractivity contribution in [2.24, 2.45) is 0 Å². The van der Waals surface area contributed by atoms with Crippen molar-refractivity contribution in [3.05, 3.63) is 0 Å². The molecule has 0 aromatic carbocycles. The van der Waals surface area contributed by atoms with Crippen LogP contribution in [0, 0.1) is 0 Å². The molecule has 0 saturated heterocycles. The molecule has 0 aliphatic heterocycles. The maximum absolute atomic E-state index is 10.6. The van der Waals surface area contributed by atoms with Gasteiger partial charge in [0, 0.05) is 11.5 Å². The van der Waals surface area contributed by atoms with Crippen LogP contribution in [0.15, 0.2) is 0 Å². The second-order valence-electron chi connectivity index (χ2n) is 1.39. The van der Waals surface area contributed by atoms with E-state index in [4.69, 9.17) is 9.05 Å². The number of rotatable bonds is 6. The van der Waals surface area contributed by atoms with Crippen molar-refractivity contribution in [3.63, 3.8) is 0 Å². The third-order valence-corrected chi connectivity index (χ3v) is 1.87. The maximum Gasteiger partial charge on any atom is 0.319 e. The molecular formula is C4H11O3PS2. The van der Waals surface area contributed by atoms with Gasteiger partial charge in [0.25, 0.3) is 0 Å². The van der Waals surface area contributed by atoms with Crippen molar-refractivity contribution in [3.8, 4) is 0 Å². The Morgan fingerprint density at radius 3 is 1.80 bits per heavy atom. The molecule has 0 aromatic heterocycles. The summed E-state index contributed by atoms with van der Waals surface area (Å²) in [7, 11) is -2.26. The SMILES string of the molecule is O=[PH](OCCS)OCCS. The molecule has 0 saturated carbocycles. The minimum atomic E-state index is -2.26. The number of thiol groups is 2. The van der Waals surface area contributed by atoms with Crippen LogP contribution in [0.2, 0.25) is 0 Å². The Morgan fingerprint density at radius 2 is 1.50 bits per heavy atom. The highest BCUT2D eigenvalue weighted by molar-refractivity contribution is 7.80. The standard InChI is InChI=1S/C4H11O3PS2/c5-8(6-1-3-9)7-2-4-10/h8-10H,1-4H2. The van der Waals surface area contributed by atoms with Crippen LogP contribution in [0.4, 0.5) is 0 Å². The quantitative estimate of drug-likeness (QED) is 0.503. The summed E-state index contributed by atoms with van der Waals surface area (Å²) < 4.78 is 20.0. The number of hydrogen-bond donors (Lipinski definition) is 2. The van der Waals surface area contributed by atoms with Gasteiger partial charge in [-0.1, -0.05) is 0 Å². The fraction of sp³-hybridized carbons (Fsp3) is 1.00. The van der Waals surface area contributed by atoms with Crippen LogP contribution >= 0.6 is 33.5 Å². The second kappa shape index (κ2) is 7.95. The van der Waals surface area contributed by atoms with Crippen molar-refractivity contribution >= 4 is 33.5 Å². The molecule has 0 heterocycles. The Labute approximate surface area is 72.2 Å². The summed E-state index contributed by atoms with van der Waals surface area (Å²) in [4.78, 5) is 0. The van der Waals surface area contributed by atoms with E-state index in [0.717, 1.165) is 0 Å². The first-order valence-corrected chi connectivity index (χ1v) is 5.31. The van der Waals surface area contributed by atoms with Gasteiger partial charge < -0.3 is 9.05 Å². The topological polar surface area (TPSA) is 35.5 Å². The highest BCUT2D eigenvalue weighted by Gasteiger charge is 1.95. The third-order valence-electron chi connectivity index (χ3n) is 0.622. The maximum atomic E-state index is 10.6. The molecule has 0 aromatic rings. The molecule has 6 heteroatoms. The van der Waals surface area contributed by atoms with Gasteiger partial charge in [0.1, 0.15) is 0 Å². The van der Waals surface area contributed by atoms with Crippen molar-refractivity contribution in [2.45, 2.75) is 0 Å². The van der Waals surface area contributed by atoms with Crippen LogP contribution in [-0.4, -0.2) is 24.7 Å². The molecule has 0 fully saturated rings. The molecule has 0 unspecified atom stereocenters. The molecule has 0 radical (unpaired) electrons. The lowest BCUT2D eigenvalue weighted by Gasteiger charge is -2.01. The van der Waals surface area contributed by atoms with E-state index in [9.17, 15) is 4.57 Å². The molecule has 62 valence electrons. The third kappa shape index (κ3) is 6.96. The molecule has 0 amide bonds. The fourth-order valence-corrected chi connectivity index (χ4v) is 1.45. The summed E-state index contributed by atoms with van der Waals surface area (Å²) in [5.41, 5.74) is 0. The van der Waals surface area contributed by atoms with E-state index in [-0.39, 0.29) is 0 Å². The molecule has 0 aliphatic rings. The van der Waals surface area contributed by atoms with Gasteiger partial charge >= 0.3 is 8.25 Å². The van der Waals surface area contributed by atoms with Gasteiger partial charge in [0.05, 0.1) is 13.2 Å². The van der Waals surface area contributed by atoms with Crippen molar-refractivity contribution in [1.29, 1.82) is 0 Å². The van der Waals surface area contributed by atoms with Gasteiger partial charge in [-0.05, 0) is 0 Å². The van der Waals surface area contributed by atoms with Gasteiger partial charge in [-0.25, -0.2) is 0 Å². The summed E-state index contributed by atoms with van der Waals surface area (Å²) in [6.45, 7) is 0.737. The minimum Gasteiger partial charge on any atom is -0.310 e. The monoisotopic (exact) mass is 202 g/mol. The lowest BCUT2D eigenvalue weighted by molar-refractivity contribution is 0.246. The molecular weight excluding hydrogens is 191 g/mol. The first-order chi connectivity index (χ1) is 4.81. The molecule has 0 atom stereocenters. The largest absolute Gasteiger partial charge is 0.319 e. The predicted octanol–water partition coefficient (Wildman–Crippen LogP) is 1.27. The first-order valence-electron chi connectivity index (χ1n) is 2.82. The van der Waals surface area contributed by atoms with Crippen LogP contribution in [0.1, 0.15) is 0 Å². The fourth-order valence-electron chi connectivity index (χ4n) is 0.300. The summed E-state index contributed by atoms with van der Waals surface area (Å²) in [5.74, 6) is 1.11. The van der Waals surface area contributed by atoms with E-state index in [0.29, 0.717) is 24.7 Å². The average Bonchev–Trinajstić information content (AvgIpc) is 1.97. The lowest BCUT2D eigenvalue weighted by atomic mass is 10.9. The molecule has 0 N–H and O–H groups in total. The Balaban J connectivity index is 3.09. The summed E-state index contributed by atoms with van der Waals surface area (Å²) in [6.07, 6.45) is 0. The Hall–Kier alpha value is 0.850. The van der Waals surface area contributed by atoms with Gasteiger partial charge in [0.15, 0.2) is 0 Å². The van der Waals surface area contributed by atoms with E-state index < -0.39 is 8.25 Å². The molecule has 0 rings (SSSR count). The average molecular weight is 202 g/mol. The zero-order valence-corrected chi connectivity index (χ0v) is 8.24. The highest BCUT2D eigenvalue weighted by atomic mass is 32.1. The van der Waals surface area contributed by atoms with Gasteiger partial charge in [0.2, 0.25) is 0 Å². The van der Waals surface area contributed by atoms with Crippen LogP contribution in [0.25, 0.3) is 0 Å². The summed E-state index contributed by atoms with van der Waals surface area (Å²) in [6, 6.07) is 0. The van der Waals surface area contributed by atoms with Crippen LogP contribution in [0.3, 0.4) is 0 Å². The van der Waals surface area contributed by atoms with E-state index in [1.54, 1.807) is 0 Å². The molecule has 0 bridgehead atoms. The highest BCUT2D eigenvalue weighted by Crippen LogP contribution is 2.22. The van der Waals surface area contributed by atoms with E-state index in [2.05, 4.69) is 25.3 Å². The normalized spacial score (nSPS) is 10.7. The molecule has 0 aliphatic carbocycles. The first kappa shape index (κ1) is 10.8. The van der Waals surface area contributed by atoms with Crippen molar-refractivity contribution in [2.75, 3.05) is 24.7 Å². The van der Waals surface area contributed by atoms with Gasteiger partial charge in [-0.15, -0.1) is 0 Å². The predicted molar refractivity (Wildman–Crippen MR) is 48.6 cm³/mol. The van der Waals surface area contributed by atoms with Crippen LogP contribution in [-0.2, 0) is 13.6 Å². The smallest absolute Gasteiger partial charge is 0.310 e. The van der Waals surface area contributed by atoms with Gasteiger partial charge in [-0.3, -0.25) is 4.57 Å². The minimum absolute atomic E-state index is 0.369. The van der Waals surface area contributed by atoms with E-state index in [1.807, 2.05) is 0 Å². The Bertz CT molecular complexity index is 90.5. The Morgan fingerprint density at radius 1 is 1.10 bits per heavy atom. The van der Waals surface area contributed by atoms with Crippen molar-refractivity contribution < 1.29 is 13.6 Å². The van der Waals surface area contributed by atoms with Crippen molar-refractivity contribution in [1.82, 2.24) is 0 Å². The lowest BCUT2D eigenvalue weighted by Crippen LogP contribution is -1.91. The van der Waals surface area contributed by atoms with Crippen LogP contribution in [0.5, 0.6) is 0 Å². The van der Waals surface area contributed by atoms with E-state index in [1.165, 1.54) is 0 Å². The number of hydrogen-bond acceptors (Lipinski definition) is 5. The summed E-state index contributed by atoms with van der Waals surface area (Å²) in [5, 5.41) is 0. The molecule has 0 spiro atoms. The Kier molecular flexibility index (Phi) is 8.63. The van der Waals surface area contributed by atoms with Crippen LogP contribution < -0.4 is 0 Å². The summed E-state index contributed by atoms with van der Waals surface area (Å²) >= 11 is 7.74. The zero-order chi connectivity index (χ0) is 7.82. The zero-order valence-electron chi connectivity index (χ0n) is 5.45.